The Labute approximate surface area is 191 Å². The summed E-state index contributed by atoms with van der Waals surface area (Å²) in [5, 5.41) is 10.7. The summed E-state index contributed by atoms with van der Waals surface area (Å²) in [6, 6.07) is 17.0. The first-order valence-electron chi connectivity index (χ1n) is 10.3. The van der Waals surface area contributed by atoms with Crippen molar-refractivity contribution in [1.82, 2.24) is 4.90 Å². The largest absolute Gasteiger partial charge is 0.503 e. The van der Waals surface area contributed by atoms with E-state index in [0.29, 0.717) is 22.8 Å². The zero-order chi connectivity index (χ0) is 23.4. The number of rotatable bonds is 8. The number of aliphatic hydroxyl groups excluding tert-OH is 1. The quantitative estimate of drug-likeness (QED) is 0.515. The third-order valence-electron chi connectivity index (χ3n) is 5.43. The molecule has 3 aromatic rings. The molecule has 0 radical (unpaired) electrons. The van der Waals surface area contributed by atoms with E-state index in [4.69, 9.17) is 13.9 Å². The maximum atomic E-state index is 13.2. The van der Waals surface area contributed by atoms with Gasteiger partial charge >= 0.3 is 0 Å². The third kappa shape index (κ3) is 4.39. The van der Waals surface area contributed by atoms with E-state index in [0.717, 1.165) is 5.56 Å². The zero-order valence-corrected chi connectivity index (χ0v) is 18.2. The molecule has 2 heterocycles. The van der Waals surface area contributed by atoms with Crippen LogP contribution in [0.2, 0.25) is 0 Å². The summed E-state index contributed by atoms with van der Waals surface area (Å²) in [6.45, 7) is 0.0775. The number of methoxy groups -OCH3 is 2. The molecule has 1 N–H and O–H groups in total. The fraction of sp³-hybridized carbons (Fsp3) is 0.154. The molecule has 1 aliphatic heterocycles. The molecule has 4 rings (SSSR count). The van der Waals surface area contributed by atoms with Crippen molar-refractivity contribution < 1.29 is 28.6 Å². The third-order valence-corrected chi connectivity index (χ3v) is 5.43. The first-order chi connectivity index (χ1) is 16.0. The normalized spacial score (nSPS) is 16.0. The molecule has 7 nitrogen and oxygen atoms in total. The van der Waals surface area contributed by atoms with Gasteiger partial charge in [0.05, 0.1) is 38.6 Å². The maximum Gasteiger partial charge on any atom is 0.290 e. The lowest BCUT2D eigenvalue weighted by Crippen LogP contribution is -2.30. The average molecular weight is 445 g/mol. The Balaban J connectivity index is 1.76. The van der Waals surface area contributed by atoms with Gasteiger partial charge in [0, 0.05) is 0 Å². The Hall–Kier alpha value is -4.26. The highest BCUT2D eigenvalue weighted by atomic mass is 16.5. The summed E-state index contributed by atoms with van der Waals surface area (Å²) < 4.78 is 16.1. The highest BCUT2D eigenvalue weighted by molar-refractivity contribution is 6.14. The van der Waals surface area contributed by atoms with Crippen LogP contribution in [0.5, 0.6) is 11.5 Å². The van der Waals surface area contributed by atoms with Crippen molar-refractivity contribution in [2.45, 2.75) is 12.6 Å². The number of furan rings is 1. The minimum Gasteiger partial charge on any atom is -0.503 e. The van der Waals surface area contributed by atoms with Crippen LogP contribution < -0.4 is 9.47 Å². The Bertz CT molecular complexity index is 1210. The predicted octanol–water partition coefficient (Wildman–Crippen LogP) is 4.47. The van der Waals surface area contributed by atoms with E-state index in [1.807, 2.05) is 30.3 Å². The van der Waals surface area contributed by atoms with Gasteiger partial charge in [0.15, 0.2) is 23.0 Å². The molecule has 0 saturated carbocycles. The van der Waals surface area contributed by atoms with Gasteiger partial charge < -0.3 is 23.9 Å². The average Bonchev–Trinajstić information content (AvgIpc) is 3.45. The standard InChI is InChI=1S/C26H23NO6/c1-31-21-13-11-18(15-22(21)32-2)24-23(20(28)12-10-17-7-4-3-5-8-17)25(29)26(30)27(24)16-19-9-6-14-33-19/h3-15,24,29H,16H2,1-2H3/b12-10+. The van der Waals surface area contributed by atoms with Crippen LogP contribution in [0.1, 0.15) is 22.9 Å². The van der Waals surface area contributed by atoms with Crippen LogP contribution in [0.25, 0.3) is 6.08 Å². The number of amides is 1. The molecule has 1 amide bonds. The van der Waals surface area contributed by atoms with Crippen molar-refractivity contribution in [2.75, 3.05) is 14.2 Å². The highest BCUT2D eigenvalue weighted by Crippen LogP contribution is 2.41. The molecule has 2 aromatic carbocycles. The van der Waals surface area contributed by atoms with E-state index in [1.54, 1.807) is 36.4 Å². The van der Waals surface area contributed by atoms with E-state index in [9.17, 15) is 14.7 Å². The second kappa shape index (κ2) is 9.48. The lowest BCUT2D eigenvalue weighted by atomic mass is 9.95. The van der Waals surface area contributed by atoms with E-state index >= 15 is 0 Å². The van der Waals surface area contributed by atoms with Crippen molar-refractivity contribution in [2.24, 2.45) is 0 Å². The first-order valence-corrected chi connectivity index (χ1v) is 10.3. The van der Waals surface area contributed by atoms with Crippen LogP contribution >= 0.6 is 0 Å². The molecule has 33 heavy (non-hydrogen) atoms. The number of aliphatic hydroxyl groups is 1. The summed E-state index contributed by atoms with van der Waals surface area (Å²) in [5.74, 6) is -0.222. The number of allylic oxidation sites excluding steroid dienone is 1. The van der Waals surface area contributed by atoms with Crippen molar-refractivity contribution in [3.63, 3.8) is 0 Å². The second-order valence-electron chi connectivity index (χ2n) is 7.40. The van der Waals surface area contributed by atoms with Crippen LogP contribution in [-0.4, -0.2) is 35.9 Å². The van der Waals surface area contributed by atoms with Gasteiger partial charge in [-0.2, -0.15) is 0 Å². The monoisotopic (exact) mass is 445 g/mol. The van der Waals surface area contributed by atoms with Crippen molar-refractivity contribution in [3.8, 4) is 11.5 Å². The fourth-order valence-electron chi connectivity index (χ4n) is 3.83. The molecule has 1 atom stereocenters. The van der Waals surface area contributed by atoms with Gasteiger partial charge in [0.25, 0.3) is 5.91 Å². The minimum absolute atomic E-state index is 0.00837. The van der Waals surface area contributed by atoms with E-state index in [-0.39, 0.29) is 12.1 Å². The van der Waals surface area contributed by atoms with Crippen LogP contribution in [0.3, 0.4) is 0 Å². The van der Waals surface area contributed by atoms with Crippen molar-refractivity contribution in [1.29, 1.82) is 0 Å². The molecule has 0 fully saturated rings. The number of hydrogen-bond acceptors (Lipinski definition) is 6. The van der Waals surface area contributed by atoms with Gasteiger partial charge in [-0.3, -0.25) is 9.59 Å². The number of ketones is 1. The molecule has 1 unspecified atom stereocenters. The van der Waals surface area contributed by atoms with Gasteiger partial charge in [0.2, 0.25) is 0 Å². The summed E-state index contributed by atoms with van der Waals surface area (Å²) in [4.78, 5) is 27.6. The van der Waals surface area contributed by atoms with Gasteiger partial charge in [-0.05, 0) is 41.5 Å². The lowest BCUT2D eigenvalue weighted by molar-refractivity contribution is -0.130. The van der Waals surface area contributed by atoms with Gasteiger partial charge in [-0.1, -0.05) is 42.5 Å². The van der Waals surface area contributed by atoms with E-state index in [2.05, 4.69) is 0 Å². The van der Waals surface area contributed by atoms with E-state index < -0.39 is 23.5 Å². The number of nitrogens with zero attached hydrogens (tertiary/aromatic N) is 1. The number of hydrogen-bond donors (Lipinski definition) is 1. The lowest BCUT2D eigenvalue weighted by Gasteiger charge is -2.26. The number of carbonyl (C=O) groups is 2. The number of benzene rings is 2. The summed E-state index contributed by atoms with van der Waals surface area (Å²) in [7, 11) is 3.03. The summed E-state index contributed by atoms with van der Waals surface area (Å²) in [5.41, 5.74) is 1.41. The molecule has 0 bridgehead atoms. The van der Waals surface area contributed by atoms with Crippen LogP contribution in [-0.2, 0) is 16.1 Å². The molecular formula is C26H23NO6. The van der Waals surface area contributed by atoms with Crippen molar-refractivity contribution >= 4 is 17.8 Å². The molecule has 7 heteroatoms. The topological polar surface area (TPSA) is 89.2 Å². The molecular weight excluding hydrogens is 422 g/mol. The zero-order valence-electron chi connectivity index (χ0n) is 18.2. The molecule has 0 spiro atoms. The highest BCUT2D eigenvalue weighted by Gasteiger charge is 2.43. The smallest absolute Gasteiger partial charge is 0.290 e. The number of ether oxygens (including phenoxy) is 2. The minimum atomic E-state index is -0.838. The first kappa shape index (κ1) is 22.0. The van der Waals surface area contributed by atoms with Gasteiger partial charge in [-0.25, -0.2) is 0 Å². The molecule has 0 saturated heterocycles. The SMILES string of the molecule is COc1ccc(C2C(C(=O)/C=C/c3ccccc3)=C(O)C(=O)N2Cc2ccco2)cc1OC. The van der Waals surface area contributed by atoms with Gasteiger partial charge in [0.1, 0.15) is 5.76 Å². The Morgan fingerprint density at radius 2 is 1.82 bits per heavy atom. The van der Waals surface area contributed by atoms with Crippen LogP contribution in [0.4, 0.5) is 0 Å². The fourth-order valence-corrected chi connectivity index (χ4v) is 3.83. The molecule has 1 aromatic heterocycles. The summed E-state index contributed by atoms with van der Waals surface area (Å²) >= 11 is 0. The molecule has 0 aliphatic carbocycles. The second-order valence-corrected chi connectivity index (χ2v) is 7.40. The van der Waals surface area contributed by atoms with Crippen LogP contribution in [0.15, 0.2) is 88.8 Å². The Morgan fingerprint density at radius 1 is 1.06 bits per heavy atom. The predicted molar refractivity (Wildman–Crippen MR) is 122 cm³/mol. The molecule has 168 valence electrons. The Kier molecular flexibility index (Phi) is 6.31. The van der Waals surface area contributed by atoms with E-state index in [1.165, 1.54) is 31.5 Å². The Morgan fingerprint density at radius 3 is 2.48 bits per heavy atom. The van der Waals surface area contributed by atoms with Gasteiger partial charge in [-0.15, -0.1) is 0 Å². The van der Waals surface area contributed by atoms with Crippen molar-refractivity contribution in [3.05, 3.63) is 101 Å². The molecule has 1 aliphatic rings. The summed E-state index contributed by atoms with van der Waals surface area (Å²) in [6.07, 6.45) is 4.51. The maximum absolute atomic E-state index is 13.2. The number of carbonyl (C=O) groups excluding carboxylic acids is 2. The van der Waals surface area contributed by atoms with Crippen LogP contribution in [0, 0.1) is 0 Å².